The van der Waals surface area contributed by atoms with Gasteiger partial charge in [-0.05, 0) is 43.4 Å². The van der Waals surface area contributed by atoms with E-state index in [-0.39, 0.29) is 11.2 Å². The molecule has 3 aromatic rings. The highest BCUT2D eigenvalue weighted by Crippen LogP contribution is 2.37. The molecular formula is C20H16N2O3S. The summed E-state index contributed by atoms with van der Waals surface area (Å²) in [6.07, 6.45) is 5.14. The summed E-state index contributed by atoms with van der Waals surface area (Å²) in [5.74, 6) is -0.568. The highest BCUT2D eigenvalue weighted by atomic mass is 32.1. The first kappa shape index (κ1) is 16.6. The largest absolute Gasteiger partial charge is 0.451 e. The first-order valence-corrected chi connectivity index (χ1v) is 9.38. The summed E-state index contributed by atoms with van der Waals surface area (Å²) in [6.45, 7) is 0. The number of amides is 1. The quantitative estimate of drug-likeness (QED) is 0.689. The molecule has 4 rings (SSSR count). The second-order valence-corrected chi connectivity index (χ2v) is 7.41. The lowest BCUT2D eigenvalue weighted by Gasteiger charge is -2.04. The molecule has 1 N–H and O–H groups in total. The van der Waals surface area contributed by atoms with E-state index >= 15 is 0 Å². The maximum atomic E-state index is 12.6. The van der Waals surface area contributed by atoms with Crippen LogP contribution in [0.5, 0.6) is 0 Å². The minimum atomic E-state index is -0.513. The molecule has 2 aromatic heterocycles. The standard InChI is InChI=1S/C20H16N2O3S/c21-11-14-12-6-2-1-3-9-18(12)26-20(14)22-19(24)17-10-15(23)13-7-4-5-8-16(13)25-17/h4-5,7-8,10H,1-3,6,9H2,(H,22,24). The van der Waals surface area contributed by atoms with Crippen LogP contribution in [0.15, 0.2) is 39.5 Å². The topological polar surface area (TPSA) is 83.1 Å². The van der Waals surface area contributed by atoms with Crippen LogP contribution in [0.1, 0.15) is 45.8 Å². The minimum Gasteiger partial charge on any atom is -0.451 e. The molecule has 26 heavy (non-hydrogen) atoms. The summed E-state index contributed by atoms with van der Waals surface area (Å²) in [5, 5.41) is 13.3. The highest BCUT2D eigenvalue weighted by molar-refractivity contribution is 7.16. The SMILES string of the molecule is N#Cc1c(NC(=O)c2cc(=O)c3ccccc3o2)sc2c1CCCCC2. The van der Waals surface area contributed by atoms with Gasteiger partial charge in [-0.2, -0.15) is 5.26 Å². The number of hydrogen-bond donors (Lipinski definition) is 1. The molecule has 2 heterocycles. The van der Waals surface area contributed by atoms with Gasteiger partial charge in [-0.15, -0.1) is 11.3 Å². The van der Waals surface area contributed by atoms with Gasteiger partial charge in [0.1, 0.15) is 16.7 Å². The summed E-state index contributed by atoms with van der Waals surface area (Å²) in [7, 11) is 0. The molecule has 0 unspecified atom stereocenters. The summed E-state index contributed by atoms with van der Waals surface area (Å²) in [6, 6.07) is 10.2. The van der Waals surface area contributed by atoms with E-state index in [1.54, 1.807) is 24.3 Å². The Morgan fingerprint density at radius 1 is 1.19 bits per heavy atom. The van der Waals surface area contributed by atoms with Gasteiger partial charge in [0.05, 0.1) is 10.9 Å². The molecule has 0 fully saturated rings. The number of nitrogens with one attached hydrogen (secondary N) is 1. The van der Waals surface area contributed by atoms with Crippen molar-refractivity contribution in [2.45, 2.75) is 32.1 Å². The molecule has 1 amide bonds. The van der Waals surface area contributed by atoms with Crippen molar-refractivity contribution in [2.75, 3.05) is 5.32 Å². The zero-order chi connectivity index (χ0) is 18.1. The van der Waals surface area contributed by atoms with Crippen LogP contribution in [-0.2, 0) is 12.8 Å². The van der Waals surface area contributed by atoms with Crippen molar-refractivity contribution in [3.8, 4) is 6.07 Å². The first-order valence-electron chi connectivity index (χ1n) is 8.56. The number of thiophene rings is 1. The summed E-state index contributed by atoms with van der Waals surface area (Å²) >= 11 is 1.46. The van der Waals surface area contributed by atoms with Gasteiger partial charge in [0.25, 0.3) is 5.91 Å². The summed E-state index contributed by atoms with van der Waals surface area (Å²) in [5.41, 5.74) is 1.71. The average Bonchev–Trinajstić information content (AvgIpc) is 2.81. The maximum absolute atomic E-state index is 12.6. The molecule has 5 nitrogen and oxygen atoms in total. The molecule has 1 aliphatic carbocycles. The van der Waals surface area contributed by atoms with Gasteiger partial charge in [0.2, 0.25) is 0 Å². The van der Waals surface area contributed by atoms with Crippen LogP contribution in [0.4, 0.5) is 5.00 Å². The normalized spacial score (nSPS) is 13.7. The predicted octanol–water partition coefficient (Wildman–Crippen LogP) is 4.25. The molecule has 1 aliphatic rings. The molecule has 1 aromatic carbocycles. The Hall–Kier alpha value is -2.91. The number of nitrogens with zero attached hydrogens (tertiary/aromatic N) is 1. The number of carbonyl (C=O) groups excluding carboxylic acids is 1. The lowest BCUT2D eigenvalue weighted by Crippen LogP contribution is -2.15. The predicted molar refractivity (Wildman–Crippen MR) is 101 cm³/mol. The highest BCUT2D eigenvalue weighted by Gasteiger charge is 2.22. The van der Waals surface area contributed by atoms with Crippen molar-refractivity contribution in [2.24, 2.45) is 0 Å². The van der Waals surface area contributed by atoms with Crippen molar-refractivity contribution in [1.29, 1.82) is 5.26 Å². The average molecular weight is 364 g/mol. The first-order chi connectivity index (χ1) is 12.7. The molecule has 0 saturated heterocycles. The molecule has 6 heteroatoms. The molecule has 130 valence electrons. The van der Waals surface area contributed by atoms with Gasteiger partial charge in [-0.25, -0.2) is 0 Å². The molecular weight excluding hydrogens is 348 g/mol. The lowest BCUT2D eigenvalue weighted by atomic mass is 10.1. The lowest BCUT2D eigenvalue weighted by molar-refractivity contribution is 0.0997. The van der Waals surface area contributed by atoms with E-state index in [1.807, 2.05) is 0 Å². The van der Waals surface area contributed by atoms with Crippen molar-refractivity contribution in [3.05, 3.63) is 62.3 Å². The molecule has 0 bridgehead atoms. The monoisotopic (exact) mass is 364 g/mol. The Balaban J connectivity index is 1.69. The second-order valence-electron chi connectivity index (χ2n) is 6.31. The van der Waals surface area contributed by atoms with Crippen molar-refractivity contribution < 1.29 is 9.21 Å². The van der Waals surface area contributed by atoms with Crippen molar-refractivity contribution >= 4 is 33.2 Å². The zero-order valence-corrected chi connectivity index (χ0v) is 14.8. The van der Waals surface area contributed by atoms with E-state index in [0.717, 1.165) is 37.7 Å². The van der Waals surface area contributed by atoms with Crippen LogP contribution in [0.25, 0.3) is 11.0 Å². The van der Waals surface area contributed by atoms with Gasteiger partial charge >= 0.3 is 0 Å². The molecule has 0 saturated carbocycles. The van der Waals surface area contributed by atoms with Crippen LogP contribution in [0.2, 0.25) is 0 Å². The Morgan fingerprint density at radius 3 is 2.85 bits per heavy atom. The van der Waals surface area contributed by atoms with Gasteiger partial charge in [0, 0.05) is 10.9 Å². The fraction of sp³-hybridized carbons (Fsp3) is 0.250. The molecule has 0 spiro atoms. The third kappa shape index (κ3) is 2.91. The third-order valence-corrected chi connectivity index (χ3v) is 5.83. The Bertz CT molecular complexity index is 1100. The summed E-state index contributed by atoms with van der Waals surface area (Å²) < 4.78 is 5.58. The number of fused-ring (bicyclic) bond motifs is 2. The Kier molecular flexibility index (Phi) is 4.31. The third-order valence-electron chi connectivity index (χ3n) is 4.62. The van der Waals surface area contributed by atoms with E-state index in [2.05, 4.69) is 11.4 Å². The Morgan fingerprint density at radius 2 is 2.00 bits per heavy atom. The second kappa shape index (κ2) is 6.77. The number of aryl methyl sites for hydroxylation is 1. The number of anilines is 1. The van der Waals surface area contributed by atoms with Crippen LogP contribution in [0, 0.1) is 11.3 Å². The van der Waals surface area contributed by atoms with Crippen LogP contribution < -0.4 is 10.7 Å². The van der Waals surface area contributed by atoms with Crippen LogP contribution in [0.3, 0.4) is 0 Å². The molecule has 0 aliphatic heterocycles. The number of nitriles is 1. The minimum absolute atomic E-state index is 0.0545. The number of hydrogen-bond acceptors (Lipinski definition) is 5. The summed E-state index contributed by atoms with van der Waals surface area (Å²) in [4.78, 5) is 26.0. The van der Waals surface area contributed by atoms with Crippen LogP contribution in [-0.4, -0.2) is 5.91 Å². The van der Waals surface area contributed by atoms with Gasteiger partial charge in [-0.3, -0.25) is 9.59 Å². The van der Waals surface area contributed by atoms with E-state index in [1.165, 1.54) is 22.3 Å². The molecule has 0 radical (unpaired) electrons. The van der Waals surface area contributed by atoms with E-state index < -0.39 is 5.91 Å². The smallest absolute Gasteiger partial charge is 0.292 e. The van der Waals surface area contributed by atoms with E-state index in [0.29, 0.717) is 21.5 Å². The fourth-order valence-electron chi connectivity index (χ4n) is 3.33. The zero-order valence-electron chi connectivity index (χ0n) is 14.0. The van der Waals surface area contributed by atoms with E-state index in [9.17, 15) is 14.9 Å². The maximum Gasteiger partial charge on any atom is 0.292 e. The van der Waals surface area contributed by atoms with Crippen LogP contribution >= 0.6 is 11.3 Å². The Labute approximate surface area is 153 Å². The molecule has 0 atom stereocenters. The van der Waals surface area contributed by atoms with Gasteiger partial charge < -0.3 is 9.73 Å². The number of para-hydroxylation sites is 1. The van der Waals surface area contributed by atoms with E-state index in [4.69, 9.17) is 4.42 Å². The number of benzene rings is 1. The van der Waals surface area contributed by atoms with Crippen molar-refractivity contribution in [3.63, 3.8) is 0 Å². The number of rotatable bonds is 2. The fourth-order valence-corrected chi connectivity index (χ4v) is 4.56. The number of carbonyl (C=O) groups is 1. The van der Waals surface area contributed by atoms with Gasteiger partial charge in [-0.1, -0.05) is 18.6 Å². The van der Waals surface area contributed by atoms with Gasteiger partial charge in [0.15, 0.2) is 11.2 Å². The van der Waals surface area contributed by atoms with Crippen molar-refractivity contribution in [1.82, 2.24) is 0 Å².